The largest absolute Gasteiger partial charge is 0.379 e. The molecule has 6 nitrogen and oxygen atoms in total. The van der Waals surface area contributed by atoms with Gasteiger partial charge in [0.05, 0.1) is 11.3 Å². The number of carbonyl (C=O) groups excluding carboxylic acids is 1. The van der Waals surface area contributed by atoms with Gasteiger partial charge in [-0.3, -0.25) is 19.8 Å². The van der Waals surface area contributed by atoms with Crippen LogP contribution in [0.4, 0.5) is 0 Å². The monoisotopic (exact) mass is 323 g/mol. The molecule has 2 heterocycles. The fourth-order valence-electron chi connectivity index (χ4n) is 2.16. The summed E-state index contributed by atoms with van der Waals surface area (Å²) in [5.41, 5.74) is 1.80. The van der Waals surface area contributed by atoms with Crippen LogP contribution in [0.2, 0.25) is 0 Å². The molecule has 0 aliphatic rings. The molecule has 0 aliphatic heterocycles. The summed E-state index contributed by atoms with van der Waals surface area (Å²) in [5.74, 6) is -0.144. The fraction of sp³-hybridized carbons (Fsp3) is 0.222. The maximum atomic E-state index is 12.4. The number of aromatic nitrogens is 2. The molecule has 2 rings (SSSR count). The van der Waals surface area contributed by atoms with E-state index in [0.717, 1.165) is 13.0 Å². The first kappa shape index (κ1) is 17.3. The summed E-state index contributed by atoms with van der Waals surface area (Å²) in [4.78, 5) is 26.6. The zero-order valence-corrected chi connectivity index (χ0v) is 13.7. The van der Waals surface area contributed by atoms with Crippen LogP contribution < -0.4 is 5.32 Å². The minimum Gasteiger partial charge on any atom is -0.379 e. The van der Waals surface area contributed by atoms with Crippen LogP contribution in [0.15, 0.2) is 60.1 Å². The van der Waals surface area contributed by atoms with Crippen molar-refractivity contribution in [1.82, 2.24) is 20.2 Å². The van der Waals surface area contributed by atoms with E-state index in [2.05, 4.69) is 27.0 Å². The van der Waals surface area contributed by atoms with Gasteiger partial charge in [0.15, 0.2) is 0 Å². The van der Waals surface area contributed by atoms with Crippen molar-refractivity contribution < 1.29 is 4.79 Å². The summed E-state index contributed by atoms with van der Waals surface area (Å²) in [7, 11) is 1.95. The van der Waals surface area contributed by atoms with Gasteiger partial charge in [0.2, 0.25) is 0 Å². The van der Waals surface area contributed by atoms with Gasteiger partial charge in [-0.25, -0.2) is 0 Å². The third-order valence-electron chi connectivity index (χ3n) is 3.36. The van der Waals surface area contributed by atoms with Crippen LogP contribution in [0, 0.1) is 0 Å². The predicted molar refractivity (Wildman–Crippen MR) is 95.7 cm³/mol. The third kappa shape index (κ3) is 5.01. The van der Waals surface area contributed by atoms with Crippen LogP contribution in [0.3, 0.4) is 0 Å². The maximum Gasteiger partial charge on any atom is 0.253 e. The van der Waals surface area contributed by atoms with Crippen molar-refractivity contribution in [2.45, 2.75) is 6.42 Å². The molecule has 2 aromatic rings. The molecule has 0 fully saturated rings. The lowest BCUT2D eigenvalue weighted by atomic mass is 10.1. The van der Waals surface area contributed by atoms with Crippen molar-refractivity contribution in [3.8, 4) is 11.4 Å². The first-order valence-corrected chi connectivity index (χ1v) is 7.69. The second-order valence-corrected chi connectivity index (χ2v) is 5.19. The molecule has 0 saturated carbocycles. The molecular weight excluding hydrogens is 302 g/mol. The van der Waals surface area contributed by atoms with Crippen molar-refractivity contribution >= 4 is 12.6 Å². The number of carbonyl (C=O) groups is 1. The van der Waals surface area contributed by atoms with Gasteiger partial charge in [0.25, 0.3) is 5.91 Å². The van der Waals surface area contributed by atoms with Crippen LogP contribution >= 0.6 is 0 Å². The predicted octanol–water partition coefficient (Wildman–Crippen LogP) is 2.37. The first-order chi connectivity index (χ1) is 11.7. The Balaban J connectivity index is 1.94. The Bertz CT molecular complexity index is 700. The second-order valence-electron chi connectivity index (χ2n) is 5.19. The Morgan fingerprint density at radius 2 is 2.12 bits per heavy atom. The van der Waals surface area contributed by atoms with E-state index in [4.69, 9.17) is 0 Å². The molecule has 0 aliphatic carbocycles. The normalized spacial score (nSPS) is 10.5. The zero-order chi connectivity index (χ0) is 17.2. The molecule has 6 heteroatoms. The molecule has 1 amide bonds. The van der Waals surface area contributed by atoms with E-state index in [0.29, 0.717) is 23.5 Å². The van der Waals surface area contributed by atoms with Crippen LogP contribution in [0.25, 0.3) is 11.4 Å². The zero-order valence-electron chi connectivity index (χ0n) is 13.7. The molecule has 0 atom stereocenters. The molecule has 0 aromatic carbocycles. The number of nitrogens with zero attached hydrogens (tertiary/aromatic N) is 4. The maximum absolute atomic E-state index is 12.4. The fourth-order valence-corrected chi connectivity index (χ4v) is 2.16. The lowest BCUT2D eigenvalue weighted by molar-refractivity contribution is 0.0953. The van der Waals surface area contributed by atoms with E-state index in [1.165, 1.54) is 0 Å². The smallest absolute Gasteiger partial charge is 0.253 e. The topological polar surface area (TPSA) is 70.5 Å². The molecule has 124 valence electrons. The molecule has 2 aromatic heterocycles. The number of amides is 1. The highest BCUT2D eigenvalue weighted by atomic mass is 16.1. The van der Waals surface area contributed by atoms with E-state index in [1.807, 2.05) is 36.3 Å². The molecule has 0 saturated heterocycles. The molecule has 24 heavy (non-hydrogen) atoms. The van der Waals surface area contributed by atoms with Gasteiger partial charge < -0.3 is 10.2 Å². The van der Waals surface area contributed by atoms with Gasteiger partial charge >= 0.3 is 0 Å². The molecule has 0 bridgehead atoms. The van der Waals surface area contributed by atoms with Crippen LogP contribution in [0.1, 0.15) is 16.8 Å². The molecular formula is C18H21N5O. The number of aliphatic imine (C=N–C) groups is 1. The minimum absolute atomic E-state index is 0.144. The lowest BCUT2D eigenvalue weighted by Gasteiger charge is -2.13. The second kappa shape index (κ2) is 9.19. The Morgan fingerprint density at radius 3 is 2.88 bits per heavy atom. The Morgan fingerprint density at radius 1 is 1.29 bits per heavy atom. The highest BCUT2D eigenvalue weighted by Gasteiger charge is 2.13. The van der Waals surface area contributed by atoms with E-state index in [1.54, 1.807) is 30.7 Å². The average Bonchev–Trinajstić information content (AvgIpc) is 2.64. The van der Waals surface area contributed by atoms with Crippen molar-refractivity contribution in [2.24, 2.45) is 4.99 Å². The van der Waals surface area contributed by atoms with Gasteiger partial charge in [-0.05, 0) is 37.4 Å². The van der Waals surface area contributed by atoms with Gasteiger partial charge in [0, 0.05) is 44.9 Å². The van der Waals surface area contributed by atoms with Crippen molar-refractivity contribution in [2.75, 3.05) is 20.1 Å². The third-order valence-corrected chi connectivity index (χ3v) is 3.36. The van der Waals surface area contributed by atoms with E-state index >= 15 is 0 Å². The average molecular weight is 323 g/mol. The summed E-state index contributed by atoms with van der Waals surface area (Å²) in [6.07, 6.45) is 7.65. The van der Waals surface area contributed by atoms with E-state index < -0.39 is 0 Å². The Labute approximate surface area is 142 Å². The van der Waals surface area contributed by atoms with Crippen LogP contribution in [-0.4, -0.2) is 47.6 Å². The number of nitrogens with one attached hydrogen (secondary N) is 1. The number of rotatable bonds is 8. The van der Waals surface area contributed by atoms with Crippen molar-refractivity contribution in [1.29, 1.82) is 0 Å². The Hall–Kier alpha value is -3.02. The highest BCUT2D eigenvalue weighted by Crippen LogP contribution is 2.18. The number of pyridine rings is 2. The summed E-state index contributed by atoms with van der Waals surface area (Å²) in [6.45, 7) is 4.78. The summed E-state index contributed by atoms with van der Waals surface area (Å²) in [6, 6.07) is 9.06. The quantitative estimate of drug-likeness (QED) is 0.598. The molecule has 1 N–H and O–H groups in total. The SMILES string of the molecule is C=N/C=C\N(C)CCCNC(=O)c1cccnc1-c1ccccn1. The standard InChI is InChI=1S/C18H21N5O/c1-19-12-14-23(2)13-6-11-22-18(24)15-7-5-10-21-17(15)16-8-3-4-9-20-16/h3-5,7-10,12,14H,1,6,11,13H2,2H3,(H,22,24)/b14-12-. The van der Waals surface area contributed by atoms with E-state index in [9.17, 15) is 4.79 Å². The van der Waals surface area contributed by atoms with Gasteiger partial charge in [-0.1, -0.05) is 6.07 Å². The lowest BCUT2D eigenvalue weighted by Crippen LogP contribution is -2.27. The minimum atomic E-state index is -0.144. The molecule has 0 unspecified atom stereocenters. The summed E-state index contributed by atoms with van der Waals surface area (Å²) in [5, 5.41) is 2.93. The highest BCUT2D eigenvalue weighted by molar-refractivity contribution is 5.99. The van der Waals surface area contributed by atoms with Crippen LogP contribution in [-0.2, 0) is 0 Å². The Kier molecular flexibility index (Phi) is 6.64. The summed E-state index contributed by atoms with van der Waals surface area (Å²) >= 11 is 0. The van der Waals surface area contributed by atoms with Gasteiger partial charge in [0.1, 0.15) is 5.69 Å². The number of hydrogen-bond acceptors (Lipinski definition) is 5. The van der Waals surface area contributed by atoms with E-state index in [-0.39, 0.29) is 5.91 Å². The molecule has 0 spiro atoms. The number of hydrogen-bond donors (Lipinski definition) is 1. The van der Waals surface area contributed by atoms with Crippen molar-refractivity contribution in [3.05, 3.63) is 60.7 Å². The van der Waals surface area contributed by atoms with Gasteiger partial charge in [-0.2, -0.15) is 0 Å². The van der Waals surface area contributed by atoms with Crippen molar-refractivity contribution in [3.63, 3.8) is 0 Å². The first-order valence-electron chi connectivity index (χ1n) is 7.69. The molecule has 0 radical (unpaired) electrons. The summed E-state index contributed by atoms with van der Waals surface area (Å²) < 4.78 is 0. The van der Waals surface area contributed by atoms with Gasteiger partial charge in [-0.15, -0.1) is 0 Å². The van der Waals surface area contributed by atoms with Crippen LogP contribution in [0.5, 0.6) is 0 Å².